The van der Waals surface area contributed by atoms with Gasteiger partial charge in [0.25, 0.3) is 0 Å². The molecule has 1 heterocycles. The standard InChI is InChI=1S/C132H123N11Si/c1-125(2,3)117-57-87-39-100(67-117)111(78-137)51-89-41-102(69-119(59-89)127(7,8)9)113(80-139)53-91-43-104(71-121(61-91)129(13,14)15)115(82-141)56-94-46-105(109(76-135)47-85-34-84(28-33-144(23,24)25)35-96(36-85)107(49-87)74-133)72-124(64-94)132(21,22)30-29-131(19,20)123-63-93-45-106(73-123)116(83-142)54-92-44-103(70-122(62-92)130(16,17)18)114(81-140)52-90-42-101(68-120(60-90)128(10,11)12)112(79-138)50-88-40-99(66-118(58-88)126(4,5)6)110(77-136)48-86-37-97(95-26-31-143-32-27-95)65-98(38-86)108(55-93)75-134/h26-27,31-32,34-73H,29-30H2,1-25H3/b107-49+,108-55+,109-47+,110-48+,111-51+,112-50+,113-53+,114-52+,115-56+,116-54+. The van der Waals surface area contributed by atoms with Crippen molar-refractivity contribution in [3.63, 3.8) is 0 Å². The van der Waals surface area contributed by atoms with Crippen LogP contribution in [0.3, 0.4) is 0 Å². The van der Waals surface area contributed by atoms with Crippen molar-refractivity contribution in [2.45, 2.75) is 228 Å². The average molecular weight is 1890 g/mol. The summed E-state index contributed by atoms with van der Waals surface area (Å²) in [7, 11) is -2.02. The van der Waals surface area contributed by atoms with Gasteiger partial charge in [0.15, 0.2) is 0 Å². The Morgan fingerprint density at radius 1 is 0.201 bits per heavy atom. The highest BCUT2D eigenvalue weighted by molar-refractivity contribution is 6.84. The van der Waals surface area contributed by atoms with Crippen LogP contribution in [0.25, 0.3) is 128 Å². The first kappa shape index (κ1) is 105. The molecule has 12 heteroatoms. The third-order valence-corrected chi connectivity index (χ3v) is 27.6. The van der Waals surface area contributed by atoms with E-state index in [2.05, 4.69) is 310 Å². The minimum Gasteiger partial charge on any atom is -0.265 e. The van der Waals surface area contributed by atoms with Gasteiger partial charge in [-0.05, 0) is 429 Å². The van der Waals surface area contributed by atoms with Crippen LogP contribution in [0.4, 0.5) is 0 Å². The van der Waals surface area contributed by atoms with Crippen LogP contribution in [0.2, 0.25) is 19.6 Å². The second-order valence-corrected chi connectivity index (χ2v) is 51.4. The predicted molar refractivity (Wildman–Crippen MR) is 600 cm³/mol. The van der Waals surface area contributed by atoms with Crippen molar-refractivity contribution in [1.29, 1.82) is 52.6 Å². The normalized spacial score (nSPS) is 17.1. The molecule has 2 aliphatic rings. The smallest absolute Gasteiger partial charge is 0.129 e. The number of fused-ring (bicyclic) bond motifs is 20. The molecule has 710 valence electrons. The summed E-state index contributed by atoms with van der Waals surface area (Å²) in [4.78, 5) is 4.37. The maximum atomic E-state index is 11.9. The number of benzene rings is 10. The molecule has 0 fully saturated rings. The average Bonchev–Trinajstić information content (AvgIpc) is 0.896. The molecule has 0 spiro atoms. The first-order chi connectivity index (χ1) is 67.6. The fourth-order valence-electron chi connectivity index (χ4n) is 17.7. The summed E-state index contributed by atoms with van der Waals surface area (Å²) in [6.45, 7) is 53.3. The van der Waals surface area contributed by atoms with E-state index >= 15 is 0 Å². The quantitative estimate of drug-likeness (QED) is 0.112. The fourth-order valence-corrected chi connectivity index (χ4v) is 18.2. The van der Waals surface area contributed by atoms with E-state index in [9.17, 15) is 52.6 Å². The second-order valence-electron chi connectivity index (χ2n) is 46.6. The number of hydrogen-bond acceptors (Lipinski definition) is 11. The minimum absolute atomic E-state index is 0.296. The first-order valence-corrected chi connectivity index (χ1v) is 52.3. The highest BCUT2D eigenvalue weighted by Crippen LogP contribution is 2.45. The van der Waals surface area contributed by atoms with E-state index in [4.69, 9.17) is 0 Å². The zero-order valence-electron chi connectivity index (χ0n) is 87.7. The molecule has 0 saturated carbocycles. The number of aromatic nitrogens is 1. The number of allylic oxidation sites excluding steroid dienone is 10. The topological polar surface area (TPSA) is 251 Å². The summed E-state index contributed by atoms with van der Waals surface area (Å²) in [5.41, 5.74) is 25.3. The molecule has 0 aliphatic heterocycles. The van der Waals surface area contributed by atoms with Crippen LogP contribution in [0.5, 0.6) is 0 Å². The van der Waals surface area contributed by atoms with Gasteiger partial charge in [-0.2, -0.15) is 52.6 Å². The van der Waals surface area contributed by atoms with Crippen LogP contribution in [0.1, 0.15) is 327 Å². The lowest BCUT2D eigenvalue weighted by Crippen LogP contribution is -2.25. The summed E-state index contributed by atoms with van der Waals surface area (Å²) >= 11 is 0. The van der Waals surface area contributed by atoms with Crippen LogP contribution in [0, 0.1) is 125 Å². The Kier molecular flexibility index (Phi) is 30.1. The van der Waals surface area contributed by atoms with Crippen LogP contribution in [-0.2, 0) is 43.3 Å². The first-order valence-electron chi connectivity index (χ1n) is 48.8. The molecule has 11 nitrogen and oxygen atoms in total. The number of nitriles is 10. The lowest BCUT2D eigenvalue weighted by molar-refractivity contribution is 0.375. The molecule has 0 radical (unpaired) electrons. The van der Waals surface area contributed by atoms with Gasteiger partial charge >= 0.3 is 0 Å². The van der Waals surface area contributed by atoms with Crippen molar-refractivity contribution in [3.8, 4) is 83.3 Å². The lowest BCUT2D eigenvalue weighted by Gasteiger charge is -2.33. The molecule has 2 aliphatic carbocycles. The maximum Gasteiger partial charge on any atom is 0.129 e. The van der Waals surface area contributed by atoms with Crippen molar-refractivity contribution in [1.82, 2.24) is 4.98 Å². The Hall–Kier alpha value is -16.6. The van der Waals surface area contributed by atoms with Gasteiger partial charge in [-0.25, -0.2) is 0 Å². The molecular formula is C132H123N11Si. The van der Waals surface area contributed by atoms with Crippen LogP contribution < -0.4 is 0 Å². The number of rotatable bonds is 6. The molecule has 20 bridgehead atoms. The molecule has 10 aromatic carbocycles. The molecule has 0 atom stereocenters. The number of nitrogens with zero attached hydrogens (tertiary/aromatic N) is 11. The zero-order chi connectivity index (χ0) is 105. The van der Waals surface area contributed by atoms with Crippen molar-refractivity contribution in [2.75, 3.05) is 0 Å². The van der Waals surface area contributed by atoms with Crippen LogP contribution >= 0.6 is 0 Å². The molecule has 1 aromatic heterocycles. The van der Waals surface area contributed by atoms with Gasteiger partial charge in [0.05, 0.1) is 116 Å². The maximum absolute atomic E-state index is 11.9. The second kappa shape index (κ2) is 41.3. The lowest BCUT2D eigenvalue weighted by atomic mass is 9.71. The molecule has 0 N–H and O–H groups in total. The molecule has 11 aromatic rings. The number of hydrogen-bond donors (Lipinski definition) is 0. The number of pyridine rings is 1. The van der Waals surface area contributed by atoms with Crippen LogP contribution in [-0.4, -0.2) is 13.1 Å². The third kappa shape index (κ3) is 25.4. The van der Waals surface area contributed by atoms with E-state index in [0.717, 1.165) is 55.6 Å². The molecule has 0 amide bonds. The fraction of sp³-hybridized carbons (Fsp3) is 0.265. The van der Waals surface area contributed by atoms with Gasteiger partial charge in [-0.3, -0.25) is 4.98 Å². The van der Waals surface area contributed by atoms with Crippen molar-refractivity contribution < 1.29 is 0 Å². The Morgan fingerprint density at radius 3 is 0.576 bits per heavy atom. The molecule has 144 heavy (non-hydrogen) atoms. The molecule has 13 rings (SSSR count). The van der Waals surface area contributed by atoms with E-state index in [0.29, 0.717) is 185 Å². The van der Waals surface area contributed by atoms with Gasteiger partial charge in [0, 0.05) is 18.0 Å². The van der Waals surface area contributed by atoms with E-state index < -0.39 is 51.4 Å². The zero-order valence-corrected chi connectivity index (χ0v) is 88.7. The predicted octanol–water partition coefficient (Wildman–Crippen LogP) is 33.1. The van der Waals surface area contributed by atoms with E-state index in [1.807, 2.05) is 194 Å². The minimum atomic E-state index is -2.02. The highest BCUT2D eigenvalue weighted by Gasteiger charge is 2.32. The van der Waals surface area contributed by atoms with Gasteiger partial charge in [-0.1, -0.05) is 226 Å². The largest absolute Gasteiger partial charge is 0.265 e. The Bertz CT molecular complexity index is 7980. The van der Waals surface area contributed by atoms with Gasteiger partial charge in [-0.15, -0.1) is 5.54 Å². The van der Waals surface area contributed by atoms with Crippen LogP contribution in [0.15, 0.2) is 207 Å². The van der Waals surface area contributed by atoms with E-state index in [1.165, 1.54) is 0 Å². The monoisotopic (exact) mass is 1890 g/mol. The summed E-state index contributed by atoms with van der Waals surface area (Å²) in [6.07, 6.45) is 23.1. The molecular weight excluding hydrogens is 1770 g/mol. The summed E-state index contributed by atoms with van der Waals surface area (Å²) in [5.74, 6) is 3.48. The summed E-state index contributed by atoms with van der Waals surface area (Å²) < 4.78 is 0. The Balaban J connectivity index is 1.04. The Labute approximate surface area is 855 Å². The third-order valence-electron chi connectivity index (χ3n) is 26.7. The van der Waals surface area contributed by atoms with E-state index in [-0.39, 0.29) is 0 Å². The van der Waals surface area contributed by atoms with E-state index in [1.54, 1.807) is 12.4 Å². The summed E-state index contributed by atoms with van der Waals surface area (Å²) in [5, 5.41) is 116. The van der Waals surface area contributed by atoms with Gasteiger partial charge in [0.2, 0.25) is 0 Å². The van der Waals surface area contributed by atoms with Crippen molar-refractivity contribution in [3.05, 3.63) is 368 Å². The van der Waals surface area contributed by atoms with Crippen molar-refractivity contribution >= 4 is 125 Å². The van der Waals surface area contributed by atoms with Gasteiger partial charge < -0.3 is 0 Å². The summed E-state index contributed by atoms with van der Waals surface area (Å²) in [6, 6.07) is 89.6. The SMILES string of the molecule is CC(C)(C)c1cc2cc(c1)/C(C#N)=C/c1cc(cc(C(C)(C)C)c1)/C(C#N)=C/c1cc(cc(C(C)(C)C)c1)/C(C#N)=C/c1cc(cc(C(C)(C)CCC(C)(C)c3cc4cc(c3)/C(C#N)=C/c3cc(cc(C(C)(C)C)c3)/C(C#N)=C/c3cc(cc(C(C)(C)C)c3)/C(C#N)=C/c3cc(cc(C(C)(C)C)c3)/C(C#N)=C/c3cc(cc(-c5ccncc5)c3)/C(C#N)=C/4)c1)/C(C#N)=C/c1cc(C#C[Si](C)(C)C)cc(c1)/C(C#N)=C/2. The molecule has 0 saturated heterocycles. The highest BCUT2D eigenvalue weighted by atomic mass is 28.3. The molecule has 0 unspecified atom stereocenters. The van der Waals surface area contributed by atoms with Gasteiger partial charge in [0.1, 0.15) is 8.07 Å². The Morgan fingerprint density at radius 2 is 0.375 bits per heavy atom. The van der Waals surface area contributed by atoms with Crippen molar-refractivity contribution in [2.24, 2.45) is 0 Å².